The molecule has 2 aromatic carbocycles. The van der Waals surface area contributed by atoms with Crippen LogP contribution in [0.2, 0.25) is 5.02 Å². The molecule has 1 atom stereocenters. The molecule has 6 nitrogen and oxygen atoms in total. The van der Waals surface area contributed by atoms with Gasteiger partial charge in [0, 0.05) is 48.9 Å². The molecule has 2 N–H and O–H groups in total. The van der Waals surface area contributed by atoms with Crippen molar-refractivity contribution < 1.29 is 14.2 Å². The molecule has 1 unspecified atom stereocenters. The lowest BCUT2D eigenvalue weighted by atomic mass is 9.97. The fourth-order valence-electron chi connectivity index (χ4n) is 4.19. The lowest BCUT2D eigenvalue weighted by Crippen LogP contribution is -2.39. The van der Waals surface area contributed by atoms with Gasteiger partial charge in [0.25, 0.3) is 0 Å². The van der Waals surface area contributed by atoms with Gasteiger partial charge in [0.05, 0.1) is 5.02 Å². The standard InChI is InChI=1S/C27H30ClFN4O2/c1-18-8-9-21(11-25(18)34)23-13-31-27(32-14-23)35-17-19(2)30-12-20-5-4-10-33(15-20)16-22-6-3-7-24(28)26(22)29/h3,6-9,11,13-14,20,30,34H,2,4-5,10,12,15-17H2,1H3. The average Bonchev–Trinajstić information content (AvgIpc) is 2.86. The van der Waals surface area contributed by atoms with Gasteiger partial charge in [-0.25, -0.2) is 14.4 Å². The Hall–Kier alpha value is -3.16. The Kier molecular flexibility index (Phi) is 8.21. The van der Waals surface area contributed by atoms with E-state index >= 15 is 0 Å². The average molecular weight is 497 g/mol. The number of hydrogen-bond donors (Lipinski definition) is 2. The van der Waals surface area contributed by atoms with Gasteiger partial charge in [0.15, 0.2) is 0 Å². The van der Waals surface area contributed by atoms with Crippen LogP contribution in [-0.2, 0) is 6.54 Å². The molecule has 0 aliphatic carbocycles. The van der Waals surface area contributed by atoms with Gasteiger partial charge in [-0.15, -0.1) is 0 Å². The van der Waals surface area contributed by atoms with Crippen LogP contribution in [0, 0.1) is 18.7 Å². The summed E-state index contributed by atoms with van der Waals surface area (Å²) < 4.78 is 19.9. The number of nitrogens with one attached hydrogen (secondary N) is 1. The fraction of sp³-hybridized carbons (Fsp3) is 0.333. The van der Waals surface area contributed by atoms with E-state index < -0.39 is 0 Å². The summed E-state index contributed by atoms with van der Waals surface area (Å²) in [6.07, 6.45) is 5.51. The summed E-state index contributed by atoms with van der Waals surface area (Å²) in [4.78, 5) is 10.8. The Morgan fingerprint density at radius 1 is 1.26 bits per heavy atom. The zero-order valence-corrected chi connectivity index (χ0v) is 20.6. The van der Waals surface area contributed by atoms with Gasteiger partial charge in [-0.3, -0.25) is 4.90 Å². The molecule has 0 amide bonds. The molecule has 3 aromatic rings. The van der Waals surface area contributed by atoms with Crippen molar-refractivity contribution in [2.45, 2.75) is 26.3 Å². The number of phenols is 1. The Balaban J connectivity index is 1.22. The normalized spacial score (nSPS) is 16.1. The molecule has 1 saturated heterocycles. The third-order valence-electron chi connectivity index (χ3n) is 6.22. The van der Waals surface area contributed by atoms with Crippen molar-refractivity contribution >= 4 is 11.6 Å². The molecule has 35 heavy (non-hydrogen) atoms. The van der Waals surface area contributed by atoms with Crippen LogP contribution in [0.25, 0.3) is 11.1 Å². The van der Waals surface area contributed by atoms with Gasteiger partial charge >= 0.3 is 6.01 Å². The Labute approximate surface area is 210 Å². The van der Waals surface area contributed by atoms with E-state index in [4.69, 9.17) is 16.3 Å². The first-order chi connectivity index (χ1) is 16.9. The van der Waals surface area contributed by atoms with Crippen molar-refractivity contribution in [2.24, 2.45) is 5.92 Å². The van der Waals surface area contributed by atoms with Crippen molar-refractivity contribution in [1.29, 1.82) is 0 Å². The molecular formula is C27H30ClFN4O2. The molecule has 0 spiro atoms. The molecule has 4 rings (SSSR count). The van der Waals surface area contributed by atoms with Crippen molar-refractivity contribution in [3.05, 3.63) is 83.0 Å². The molecule has 1 aliphatic heterocycles. The summed E-state index contributed by atoms with van der Waals surface area (Å²) in [5.41, 5.74) is 3.83. The Morgan fingerprint density at radius 2 is 2.06 bits per heavy atom. The Bertz CT molecular complexity index is 1170. The van der Waals surface area contributed by atoms with Crippen molar-refractivity contribution in [3.63, 3.8) is 0 Å². The number of benzene rings is 2. The van der Waals surface area contributed by atoms with Crippen molar-refractivity contribution in [1.82, 2.24) is 20.2 Å². The molecule has 184 valence electrons. The summed E-state index contributed by atoms with van der Waals surface area (Å²) >= 11 is 5.92. The topological polar surface area (TPSA) is 70.5 Å². The highest BCUT2D eigenvalue weighted by Gasteiger charge is 2.21. The van der Waals surface area contributed by atoms with Gasteiger partial charge < -0.3 is 15.2 Å². The van der Waals surface area contributed by atoms with Gasteiger partial charge in [-0.2, -0.15) is 0 Å². The molecule has 1 aliphatic rings. The number of ether oxygens (including phenoxy) is 1. The quantitative estimate of drug-likeness (QED) is 0.416. The third kappa shape index (κ3) is 6.71. The van der Waals surface area contributed by atoms with E-state index in [0.717, 1.165) is 54.9 Å². The number of aryl methyl sites for hydroxylation is 1. The molecule has 0 saturated carbocycles. The molecule has 0 bridgehead atoms. The number of hydrogen-bond acceptors (Lipinski definition) is 6. The number of phenolic OH excluding ortho intramolecular Hbond substituents is 1. The highest BCUT2D eigenvalue weighted by molar-refractivity contribution is 6.30. The van der Waals surface area contributed by atoms with Crippen LogP contribution < -0.4 is 10.1 Å². The number of nitrogens with zero attached hydrogens (tertiary/aromatic N) is 3. The molecule has 1 fully saturated rings. The van der Waals surface area contributed by atoms with Crippen LogP contribution in [0.4, 0.5) is 4.39 Å². The van der Waals surface area contributed by atoms with E-state index in [1.165, 1.54) is 0 Å². The van der Waals surface area contributed by atoms with Crippen LogP contribution in [-0.4, -0.2) is 46.2 Å². The number of rotatable bonds is 9. The van der Waals surface area contributed by atoms with Crippen molar-refractivity contribution in [3.8, 4) is 22.9 Å². The minimum Gasteiger partial charge on any atom is -0.508 e. The molecule has 0 radical (unpaired) electrons. The first kappa shape index (κ1) is 24.9. The first-order valence-corrected chi connectivity index (χ1v) is 12.1. The van der Waals surface area contributed by atoms with Crippen LogP contribution in [0.3, 0.4) is 0 Å². The van der Waals surface area contributed by atoms with E-state index in [1.807, 2.05) is 19.1 Å². The second-order valence-electron chi connectivity index (χ2n) is 8.99. The summed E-state index contributed by atoms with van der Waals surface area (Å²) in [6.45, 7) is 9.31. The highest BCUT2D eigenvalue weighted by Crippen LogP contribution is 2.26. The van der Waals surface area contributed by atoms with E-state index in [1.54, 1.807) is 36.7 Å². The largest absolute Gasteiger partial charge is 0.508 e. The van der Waals surface area contributed by atoms with Crippen LogP contribution in [0.5, 0.6) is 11.8 Å². The predicted octanol–water partition coefficient (Wildman–Crippen LogP) is 5.34. The Morgan fingerprint density at radius 3 is 2.83 bits per heavy atom. The SMILES string of the molecule is C=C(COc1ncc(-c2ccc(C)c(O)c2)cn1)NCC1CCCN(Cc2cccc(Cl)c2F)C1. The number of aromatic hydroxyl groups is 1. The molecule has 1 aromatic heterocycles. The monoisotopic (exact) mass is 496 g/mol. The first-order valence-electron chi connectivity index (χ1n) is 11.7. The molecule has 8 heteroatoms. The van der Waals surface area contributed by atoms with E-state index in [9.17, 15) is 9.50 Å². The van der Waals surface area contributed by atoms with Crippen LogP contribution in [0.15, 0.2) is 61.1 Å². The number of aromatic nitrogens is 2. The van der Waals surface area contributed by atoms with Crippen molar-refractivity contribution in [2.75, 3.05) is 26.2 Å². The highest BCUT2D eigenvalue weighted by atomic mass is 35.5. The number of piperidine rings is 1. The summed E-state index contributed by atoms with van der Waals surface area (Å²) in [6, 6.07) is 10.9. The van der Waals surface area contributed by atoms with E-state index in [2.05, 4.69) is 26.8 Å². The number of likely N-dealkylation sites (tertiary alicyclic amines) is 1. The minimum absolute atomic E-state index is 0.169. The van der Waals surface area contributed by atoms with Gasteiger partial charge in [0.1, 0.15) is 18.2 Å². The molecular weight excluding hydrogens is 467 g/mol. The minimum atomic E-state index is -0.327. The maximum absolute atomic E-state index is 14.3. The second-order valence-corrected chi connectivity index (χ2v) is 9.39. The van der Waals surface area contributed by atoms with Gasteiger partial charge in [-0.1, -0.05) is 42.4 Å². The smallest absolute Gasteiger partial charge is 0.316 e. The zero-order valence-electron chi connectivity index (χ0n) is 19.8. The lowest BCUT2D eigenvalue weighted by Gasteiger charge is -2.33. The van der Waals surface area contributed by atoms with E-state index in [-0.39, 0.29) is 29.2 Å². The summed E-state index contributed by atoms with van der Waals surface area (Å²) in [7, 11) is 0. The fourth-order valence-corrected chi connectivity index (χ4v) is 4.39. The number of halogens is 2. The summed E-state index contributed by atoms with van der Waals surface area (Å²) in [5.74, 6) is 0.347. The van der Waals surface area contributed by atoms with Crippen LogP contribution in [0.1, 0.15) is 24.0 Å². The lowest BCUT2D eigenvalue weighted by molar-refractivity contribution is 0.164. The van der Waals surface area contributed by atoms with Gasteiger partial charge in [-0.05, 0) is 55.5 Å². The predicted molar refractivity (Wildman–Crippen MR) is 136 cm³/mol. The maximum atomic E-state index is 14.3. The van der Waals surface area contributed by atoms with E-state index in [0.29, 0.717) is 18.0 Å². The second kappa shape index (κ2) is 11.5. The third-order valence-corrected chi connectivity index (χ3v) is 6.51. The zero-order chi connectivity index (χ0) is 24.8. The summed E-state index contributed by atoms with van der Waals surface area (Å²) in [5, 5.41) is 13.4. The molecule has 2 heterocycles. The van der Waals surface area contributed by atoms with Gasteiger partial charge in [0.2, 0.25) is 0 Å². The maximum Gasteiger partial charge on any atom is 0.316 e. The van der Waals surface area contributed by atoms with Crippen LogP contribution >= 0.6 is 11.6 Å².